The van der Waals surface area contributed by atoms with Gasteiger partial charge in [-0.05, 0) is 6.92 Å². The van der Waals surface area contributed by atoms with Crippen molar-refractivity contribution in [2.75, 3.05) is 11.1 Å². The first kappa shape index (κ1) is 9.57. The van der Waals surface area contributed by atoms with E-state index in [-0.39, 0.29) is 0 Å². The first-order valence-electron chi connectivity index (χ1n) is 4.61. The fourth-order valence-corrected chi connectivity index (χ4v) is 1.39. The third-order valence-corrected chi connectivity index (χ3v) is 2.19. The van der Waals surface area contributed by atoms with Crippen LogP contribution >= 0.6 is 0 Å². The SMILES string of the molecule is Cc1nn(C)c(NCc2ccno2)c1N. The van der Waals surface area contributed by atoms with Crippen molar-refractivity contribution in [3.8, 4) is 0 Å². The molecule has 0 amide bonds. The van der Waals surface area contributed by atoms with E-state index in [1.807, 2.05) is 14.0 Å². The Morgan fingerprint density at radius 1 is 1.60 bits per heavy atom. The quantitative estimate of drug-likeness (QED) is 0.781. The molecule has 0 aliphatic rings. The molecule has 0 aliphatic carbocycles. The van der Waals surface area contributed by atoms with E-state index in [1.54, 1.807) is 16.9 Å². The van der Waals surface area contributed by atoms with Crippen LogP contribution in [0.15, 0.2) is 16.8 Å². The number of nitrogens with two attached hydrogens (primary N) is 1. The summed E-state index contributed by atoms with van der Waals surface area (Å²) in [6, 6.07) is 1.80. The van der Waals surface area contributed by atoms with Gasteiger partial charge < -0.3 is 15.6 Å². The molecule has 80 valence electrons. The Bertz CT molecular complexity index is 445. The summed E-state index contributed by atoms with van der Waals surface area (Å²) >= 11 is 0. The number of anilines is 2. The molecule has 0 saturated heterocycles. The molecule has 0 saturated carbocycles. The Kier molecular flexibility index (Phi) is 2.32. The lowest BCUT2D eigenvalue weighted by Crippen LogP contribution is -2.05. The predicted octanol–water partition coefficient (Wildman–Crippen LogP) is 0.911. The summed E-state index contributed by atoms with van der Waals surface area (Å²) in [5.41, 5.74) is 7.33. The molecule has 2 heterocycles. The molecule has 0 aromatic carbocycles. The summed E-state index contributed by atoms with van der Waals surface area (Å²) in [6.45, 7) is 2.41. The normalized spacial score (nSPS) is 10.5. The largest absolute Gasteiger partial charge is 0.394 e. The second-order valence-electron chi connectivity index (χ2n) is 3.30. The zero-order valence-corrected chi connectivity index (χ0v) is 8.69. The van der Waals surface area contributed by atoms with Gasteiger partial charge in [0.1, 0.15) is 5.82 Å². The van der Waals surface area contributed by atoms with Gasteiger partial charge in [0.15, 0.2) is 5.76 Å². The number of aryl methyl sites for hydroxylation is 2. The minimum absolute atomic E-state index is 0.545. The molecule has 0 atom stereocenters. The van der Waals surface area contributed by atoms with E-state index >= 15 is 0 Å². The minimum Gasteiger partial charge on any atom is -0.394 e. The fourth-order valence-electron chi connectivity index (χ4n) is 1.39. The Labute approximate surface area is 87.0 Å². The third-order valence-electron chi connectivity index (χ3n) is 2.19. The molecule has 0 unspecified atom stereocenters. The van der Waals surface area contributed by atoms with Crippen LogP contribution in [-0.2, 0) is 13.6 Å². The highest BCUT2D eigenvalue weighted by molar-refractivity contribution is 5.64. The lowest BCUT2D eigenvalue weighted by molar-refractivity contribution is 0.387. The van der Waals surface area contributed by atoms with Crippen LogP contribution in [0.3, 0.4) is 0 Å². The zero-order chi connectivity index (χ0) is 10.8. The topological polar surface area (TPSA) is 81.9 Å². The molecule has 0 radical (unpaired) electrons. The molecule has 2 rings (SSSR count). The van der Waals surface area contributed by atoms with E-state index in [1.165, 1.54) is 0 Å². The third kappa shape index (κ3) is 1.78. The van der Waals surface area contributed by atoms with Gasteiger partial charge in [-0.3, -0.25) is 4.68 Å². The first-order chi connectivity index (χ1) is 7.18. The summed E-state index contributed by atoms with van der Waals surface area (Å²) in [7, 11) is 1.84. The lowest BCUT2D eigenvalue weighted by atomic mass is 10.4. The Morgan fingerprint density at radius 2 is 2.40 bits per heavy atom. The summed E-state index contributed by atoms with van der Waals surface area (Å²) in [6.07, 6.45) is 1.61. The monoisotopic (exact) mass is 207 g/mol. The Hall–Kier alpha value is -1.98. The van der Waals surface area contributed by atoms with Gasteiger partial charge in [0.05, 0.1) is 24.1 Å². The van der Waals surface area contributed by atoms with Crippen LogP contribution in [0, 0.1) is 6.92 Å². The molecule has 0 bridgehead atoms. The highest BCUT2D eigenvalue weighted by Crippen LogP contribution is 2.21. The molecule has 6 nitrogen and oxygen atoms in total. The van der Waals surface area contributed by atoms with Crippen molar-refractivity contribution in [2.24, 2.45) is 7.05 Å². The van der Waals surface area contributed by atoms with Gasteiger partial charge in [-0.15, -0.1) is 0 Å². The molecule has 2 aromatic rings. The van der Waals surface area contributed by atoms with Crippen LogP contribution in [0.4, 0.5) is 11.5 Å². The van der Waals surface area contributed by atoms with Crippen molar-refractivity contribution in [3.05, 3.63) is 23.7 Å². The second kappa shape index (κ2) is 3.64. The Morgan fingerprint density at radius 3 is 2.93 bits per heavy atom. The van der Waals surface area contributed by atoms with Gasteiger partial charge in [-0.1, -0.05) is 5.16 Å². The maximum Gasteiger partial charge on any atom is 0.155 e. The summed E-state index contributed by atoms with van der Waals surface area (Å²) in [4.78, 5) is 0. The predicted molar refractivity (Wildman–Crippen MR) is 56.2 cm³/mol. The van der Waals surface area contributed by atoms with E-state index in [4.69, 9.17) is 10.3 Å². The number of nitrogens with zero attached hydrogens (tertiary/aromatic N) is 3. The lowest BCUT2D eigenvalue weighted by Gasteiger charge is -2.04. The van der Waals surface area contributed by atoms with Crippen molar-refractivity contribution in [1.82, 2.24) is 14.9 Å². The average molecular weight is 207 g/mol. The highest BCUT2D eigenvalue weighted by Gasteiger charge is 2.09. The van der Waals surface area contributed by atoms with Crippen LogP contribution in [0.2, 0.25) is 0 Å². The molecule has 6 heteroatoms. The van der Waals surface area contributed by atoms with Crippen LogP contribution in [0.25, 0.3) is 0 Å². The number of rotatable bonds is 3. The van der Waals surface area contributed by atoms with Crippen molar-refractivity contribution < 1.29 is 4.52 Å². The van der Waals surface area contributed by atoms with Gasteiger partial charge in [-0.2, -0.15) is 5.10 Å². The minimum atomic E-state index is 0.545. The maximum atomic E-state index is 5.85. The van der Waals surface area contributed by atoms with Gasteiger partial charge in [-0.25, -0.2) is 0 Å². The number of hydrogen-bond acceptors (Lipinski definition) is 5. The van der Waals surface area contributed by atoms with E-state index in [0.717, 1.165) is 17.3 Å². The van der Waals surface area contributed by atoms with Gasteiger partial charge >= 0.3 is 0 Å². The first-order valence-corrected chi connectivity index (χ1v) is 4.61. The number of hydrogen-bond donors (Lipinski definition) is 2. The Balaban J connectivity index is 2.11. The molecule has 0 spiro atoms. The van der Waals surface area contributed by atoms with Crippen LogP contribution in [-0.4, -0.2) is 14.9 Å². The zero-order valence-electron chi connectivity index (χ0n) is 8.69. The van der Waals surface area contributed by atoms with Crippen molar-refractivity contribution >= 4 is 11.5 Å². The summed E-state index contributed by atoms with van der Waals surface area (Å²) < 4.78 is 6.67. The van der Waals surface area contributed by atoms with E-state index in [2.05, 4.69) is 15.6 Å². The van der Waals surface area contributed by atoms with Gasteiger partial charge in [0, 0.05) is 13.1 Å². The van der Waals surface area contributed by atoms with Crippen LogP contribution in [0.1, 0.15) is 11.5 Å². The smallest absolute Gasteiger partial charge is 0.155 e. The second-order valence-corrected chi connectivity index (χ2v) is 3.30. The van der Waals surface area contributed by atoms with Crippen molar-refractivity contribution in [3.63, 3.8) is 0 Å². The van der Waals surface area contributed by atoms with E-state index in [0.29, 0.717) is 12.2 Å². The highest BCUT2D eigenvalue weighted by atomic mass is 16.5. The molecular weight excluding hydrogens is 194 g/mol. The van der Waals surface area contributed by atoms with Gasteiger partial charge in [0.2, 0.25) is 0 Å². The molecule has 0 fully saturated rings. The van der Waals surface area contributed by atoms with E-state index in [9.17, 15) is 0 Å². The van der Waals surface area contributed by atoms with Crippen molar-refractivity contribution in [2.45, 2.75) is 13.5 Å². The van der Waals surface area contributed by atoms with Crippen molar-refractivity contribution in [1.29, 1.82) is 0 Å². The van der Waals surface area contributed by atoms with Crippen LogP contribution in [0.5, 0.6) is 0 Å². The van der Waals surface area contributed by atoms with E-state index < -0.39 is 0 Å². The summed E-state index contributed by atoms with van der Waals surface area (Å²) in [5.74, 6) is 1.55. The molecule has 3 N–H and O–H groups in total. The summed E-state index contributed by atoms with van der Waals surface area (Å²) in [5, 5.41) is 11.0. The molecule has 2 aromatic heterocycles. The standard InChI is InChI=1S/C9H13N5O/c1-6-8(10)9(14(2)13-6)11-5-7-3-4-12-15-7/h3-4,11H,5,10H2,1-2H3. The maximum absolute atomic E-state index is 5.85. The molecule has 0 aliphatic heterocycles. The number of nitrogen functional groups attached to an aromatic ring is 1. The average Bonchev–Trinajstić information content (AvgIpc) is 2.76. The number of aromatic nitrogens is 3. The fraction of sp³-hybridized carbons (Fsp3) is 0.333. The molecular formula is C9H13N5O. The van der Waals surface area contributed by atoms with Crippen LogP contribution < -0.4 is 11.1 Å². The van der Waals surface area contributed by atoms with Gasteiger partial charge in [0.25, 0.3) is 0 Å². The molecule has 15 heavy (non-hydrogen) atoms. The number of nitrogens with one attached hydrogen (secondary N) is 1.